The lowest BCUT2D eigenvalue weighted by Gasteiger charge is -1.96. The number of hydrogen-bond donors (Lipinski definition) is 0. The summed E-state index contributed by atoms with van der Waals surface area (Å²) in [5.41, 5.74) is 0. The first kappa shape index (κ1) is 9.92. The fourth-order valence-electron chi connectivity index (χ4n) is 0.852. The molecule has 0 fully saturated rings. The molecule has 0 saturated carbocycles. The van der Waals surface area contributed by atoms with Crippen LogP contribution in [0.25, 0.3) is 0 Å². The first-order valence-electron chi connectivity index (χ1n) is 3.69. The van der Waals surface area contributed by atoms with Gasteiger partial charge in [0.05, 0.1) is 4.90 Å². The van der Waals surface area contributed by atoms with Gasteiger partial charge in [-0.05, 0) is 18.2 Å². The van der Waals surface area contributed by atoms with Crippen molar-refractivity contribution in [2.24, 2.45) is 0 Å². The summed E-state index contributed by atoms with van der Waals surface area (Å²) in [6, 6.07) is 7.90. The van der Waals surface area contributed by atoms with Crippen LogP contribution in [0.2, 0.25) is 0 Å². The monoisotopic (exact) mass is 200 g/mol. The summed E-state index contributed by atoms with van der Waals surface area (Å²) in [5, 5.41) is 0.877. The first-order valence-corrected chi connectivity index (χ1v) is 5.24. The van der Waals surface area contributed by atoms with Crippen LogP contribution in [0, 0.1) is 0 Å². The van der Waals surface area contributed by atoms with Gasteiger partial charge in [-0.3, -0.25) is 0 Å². The highest BCUT2D eigenvalue weighted by molar-refractivity contribution is 7.94. The van der Waals surface area contributed by atoms with Gasteiger partial charge in [0, 0.05) is 5.41 Å². The Balaban J connectivity index is 3.02. The van der Waals surface area contributed by atoms with E-state index < -0.39 is 16.5 Å². The molecule has 0 aliphatic rings. The third-order valence-electron chi connectivity index (χ3n) is 1.44. The molecule has 1 aromatic carbocycles. The summed E-state index contributed by atoms with van der Waals surface area (Å²) in [4.78, 5) is 0.180. The summed E-state index contributed by atoms with van der Waals surface area (Å²) in [6.45, 7) is -0.772. The maximum Gasteiger partial charge on any atom is 0.199 e. The fourth-order valence-corrected chi connectivity index (χ4v) is 1.87. The van der Waals surface area contributed by atoms with E-state index in [0.29, 0.717) is 0 Å². The van der Waals surface area contributed by atoms with Crippen molar-refractivity contribution in [3.8, 4) is 0 Å². The van der Waals surface area contributed by atoms with Gasteiger partial charge in [0.2, 0.25) is 0 Å². The van der Waals surface area contributed by atoms with Crippen molar-refractivity contribution in [3.05, 3.63) is 41.8 Å². The zero-order valence-corrected chi connectivity index (χ0v) is 7.67. The number of benzene rings is 1. The molecule has 0 heterocycles. The number of alkyl halides is 1. The molecule has 0 amide bonds. The number of halogens is 1. The topological polar surface area (TPSA) is 34.1 Å². The highest BCUT2D eigenvalue weighted by Gasteiger charge is 2.07. The first-order chi connectivity index (χ1) is 6.17. The number of rotatable bonds is 3. The maximum atomic E-state index is 11.7. The van der Waals surface area contributed by atoms with Crippen molar-refractivity contribution < 1.29 is 12.8 Å². The predicted molar refractivity (Wildman–Crippen MR) is 48.7 cm³/mol. The molecule has 0 unspecified atom stereocenters. The van der Waals surface area contributed by atoms with E-state index in [1.807, 2.05) is 0 Å². The van der Waals surface area contributed by atoms with Gasteiger partial charge >= 0.3 is 0 Å². The van der Waals surface area contributed by atoms with Crippen LogP contribution in [0.1, 0.15) is 0 Å². The SMILES string of the molecule is O=S(=O)(C=CCF)c1ccccc1. The Bertz CT molecular complexity index is 381. The molecular formula is C9H9FO2S. The van der Waals surface area contributed by atoms with E-state index in [1.54, 1.807) is 18.2 Å². The molecule has 2 nitrogen and oxygen atoms in total. The molecule has 1 rings (SSSR count). The lowest BCUT2D eigenvalue weighted by molar-refractivity contribution is 0.561. The van der Waals surface area contributed by atoms with Gasteiger partial charge < -0.3 is 0 Å². The second-order valence-electron chi connectivity index (χ2n) is 2.38. The smallest absolute Gasteiger partial charge is 0.199 e. The van der Waals surface area contributed by atoms with Gasteiger partial charge in [-0.15, -0.1) is 0 Å². The minimum Gasteiger partial charge on any atom is -0.247 e. The Morgan fingerprint density at radius 1 is 1.23 bits per heavy atom. The molecule has 0 N–H and O–H groups in total. The number of hydrogen-bond acceptors (Lipinski definition) is 2. The fraction of sp³-hybridized carbons (Fsp3) is 0.111. The lowest BCUT2D eigenvalue weighted by atomic mass is 10.4. The normalized spacial score (nSPS) is 12.1. The molecule has 4 heteroatoms. The summed E-state index contributed by atoms with van der Waals surface area (Å²) in [6.07, 6.45) is 0.975. The number of sulfone groups is 1. The average Bonchev–Trinajstić information content (AvgIpc) is 2.16. The van der Waals surface area contributed by atoms with Gasteiger partial charge in [0.1, 0.15) is 6.67 Å². The van der Waals surface area contributed by atoms with Gasteiger partial charge in [0.15, 0.2) is 9.84 Å². The molecule has 0 bridgehead atoms. The minimum absolute atomic E-state index is 0.180. The van der Waals surface area contributed by atoms with Gasteiger partial charge in [-0.25, -0.2) is 12.8 Å². The molecule has 0 radical (unpaired) electrons. The van der Waals surface area contributed by atoms with Crippen molar-refractivity contribution in [2.45, 2.75) is 4.90 Å². The quantitative estimate of drug-likeness (QED) is 0.747. The molecule has 0 atom stereocenters. The largest absolute Gasteiger partial charge is 0.247 e. The summed E-state index contributed by atoms with van der Waals surface area (Å²) in [7, 11) is -3.44. The maximum absolute atomic E-state index is 11.7. The van der Waals surface area contributed by atoms with Crippen LogP contribution in [0.4, 0.5) is 4.39 Å². The highest BCUT2D eigenvalue weighted by atomic mass is 32.2. The predicted octanol–water partition coefficient (Wildman–Crippen LogP) is 1.94. The molecule has 0 spiro atoms. The lowest BCUT2D eigenvalue weighted by Crippen LogP contribution is -1.95. The van der Waals surface area contributed by atoms with Crippen molar-refractivity contribution in [3.63, 3.8) is 0 Å². The second kappa shape index (κ2) is 4.18. The summed E-state index contributed by atoms with van der Waals surface area (Å²) >= 11 is 0. The minimum atomic E-state index is -3.44. The average molecular weight is 200 g/mol. The van der Waals surface area contributed by atoms with Gasteiger partial charge in [0.25, 0.3) is 0 Å². The molecule has 0 aliphatic carbocycles. The van der Waals surface area contributed by atoms with E-state index >= 15 is 0 Å². The van der Waals surface area contributed by atoms with Crippen molar-refractivity contribution in [1.29, 1.82) is 0 Å². The van der Waals surface area contributed by atoms with E-state index in [4.69, 9.17) is 0 Å². The van der Waals surface area contributed by atoms with Crippen LogP contribution in [-0.4, -0.2) is 15.1 Å². The van der Waals surface area contributed by atoms with E-state index in [2.05, 4.69) is 0 Å². The second-order valence-corrected chi connectivity index (χ2v) is 4.22. The zero-order chi connectivity index (χ0) is 9.73. The molecular weight excluding hydrogens is 191 g/mol. The van der Waals surface area contributed by atoms with Gasteiger partial charge in [-0.2, -0.15) is 0 Å². The van der Waals surface area contributed by atoms with Crippen LogP contribution in [-0.2, 0) is 9.84 Å². The standard InChI is InChI=1S/C9H9FO2S/c10-7-4-8-13(11,12)9-5-2-1-3-6-9/h1-6,8H,7H2. The molecule has 0 aromatic heterocycles. The van der Waals surface area contributed by atoms with Crippen molar-refractivity contribution in [2.75, 3.05) is 6.67 Å². The third-order valence-corrected chi connectivity index (χ3v) is 2.92. The number of allylic oxidation sites excluding steroid dienone is 1. The van der Waals surface area contributed by atoms with Gasteiger partial charge in [-0.1, -0.05) is 18.2 Å². The third kappa shape index (κ3) is 2.66. The van der Waals surface area contributed by atoms with E-state index in [0.717, 1.165) is 11.5 Å². The Labute approximate surface area is 76.6 Å². The van der Waals surface area contributed by atoms with E-state index in [-0.39, 0.29) is 4.90 Å². The van der Waals surface area contributed by atoms with Crippen LogP contribution in [0.15, 0.2) is 46.7 Å². The molecule has 1 aromatic rings. The van der Waals surface area contributed by atoms with Crippen LogP contribution in [0.5, 0.6) is 0 Å². The van der Waals surface area contributed by atoms with Crippen LogP contribution < -0.4 is 0 Å². The summed E-state index contributed by atoms with van der Waals surface area (Å²) in [5.74, 6) is 0. The highest BCUT2D eigenvalue weighted by Crippen LogP contribution is 2.10. The Morgan fingerprint density at radius 3 is 2.38 bits per heavy atom. The van der Waals surface area contributed by atoms with Crippen LogP contribution in [0.3, 0.4) is 0 Å². The van der Waals surface area contributed by atoms with Crippen LogP contribution >= 0.6 is 0 Å². The molecule has 13 heavy (non-hydrogen) atoms. The van der Waals surface area contributed by atoms with E-state index in [1.165, 1.54) is 12.1 Å². The van der Waals surface area contributed by atoms with E-state index in [9.17, 15) is 12.8 Å². The Hall–Kier alpha value is -1.16. The molecule has 70 valence electrons. The molecule has 0 aliphatic heterocycles. The summed E-state index contributed by atoms with van der Waals surface area (Å²) < 4.78 is 34.4. The van der Waals surface area contributed by atoms with Crippen molar-refractivity contribution >= 4 is 9.84 Å². The Morgan fingerprint density at radius 2 is 1.85 bits per heavy atom. The Kier molecular flexibility index (Phi) is 3.19. The zero-order valence-electron chi connectivity index (χ0n) is 6.85. The van der Waals surface area contributed by atoms with Crippen molar-refractivity contribution in [1.82, 2.24) is 0 Å². The molecule has 0 saturated heterocycles.